The van der Waals surface area contributed by atoms with Gasteiger partial charge in [0, 0.05) is 39.1 Å². The highest BCUT2D eigenvalue weighted by molar-refractivity contribution is 7.15. The van der Waals surface area contributed by atoms with Crippen LogP contribution in [0.3, 0.4) is 0 Å². The van der Waals surface area contributed by atoms with Gasteiger partial charge in [-0.25, -0.2) is 4.98 Å². The number of imidazole rings is 1. The molecule has 0 amide bonds. The van der Waals surface area contributed by atoms with Crippen molar-refractivity contribution in [3.05, 3.63) is 75.6 Å². The van der Waals surface area contributed by atoms with Crippen molar-refractivity contribution >= 4 is 40.6 Å². The second-order valence-corrected chi connectivity index (χ2v) is 11.6. The number of aromatic nitrogens is 6. The maximum absolute atomic E-state index is 4.89. The van der Waals surface area contributed by atoms with Crippen LogP contribution in [-0.4, -0.2) is 30.1 Å². The summed E-state index contributed by atoms with van der Waals surface area (Å²) < 4.78 is 0. The van der Waals surface area contributed by atoms with E-state index in [0.29, 0.717) is 11.5 Å². The van der Waals surface area contributed by atoms with Crippen LogP contribution in [0.5, 0.6) is 0 Å². The van der Waals surface area contributed by atoms with Gasteiger partial charge in [0.2, 0.25) is 0 Å². The van der Waals surface area contributed by atoms with E-state index in [4.69, 9.17) is 4.98 Å². The summed E-state index contributed by atoms with van der Waals surface area (Å²) in [4.78, 5) is 19.6. The van der Waals surface area contributed by atoms with Crippen molar-refractivity contribution in [3.63, 3.8) is 0 Å². The number of hydrogen-bond acceptors (Lipinski definition) is 5. The zero-order valence-electron chi connectivity index (χ0n) is 21.9. The van der Waals surface area contributed by atoms with Crippen LogP contribution in [-0.2, 0) is 6.42 Å². The summed E-state index contributed by atoms with van der Waals surface area (Å²) in [7, 11) is 0. The molecule has 192 valence electrons. The third-order valence-corrected chi connectivity index (χ3v) is 8.56. The maximum atomic E-state index is 4.89. The second kappa shape index (κ2) is 10.5. The van der Waals surface area contributed by atoms with Crippen molar-refractivity contribution in [3.8, 4) is 22.0 Å². The number of allylic oxidation sites excluding steroid dienone is 2. The molecule has 5 aromatic heterocycles. The number of fused-ring (bicyclic) bond motifs is 1. The van der Waals surface area contributed by atoms with Crippen LogP contribution in [0.15, 0.2) is 49.1 Å². The molecule has 1 saturated carbocycles. The average molecular weight is 521 g/mol. The molecule has 0 unspecified atom stereocenters. The predicted octanol–water partition coefficient (Wildman–Crippen LogP) is 6.20. The molecule has 1 fully saturated rings. The molecular formula is C31H32N6S. The van der Waals surface area contributed by atoms with Gasteiger partial charge in [0.05, 0.1) is 17.1 Å². The Kier molecular flexibility index (Phi) is 6.77. The van der Waals surface area contributed by atoms with E-state index in [-0.39, 0.29) is 0 Å². The molecule has 5 aromatic rings. The normalized spacial score (nSPS) is 15.5. The lowest BCUT2D eigenvalue weighted by atomic mass is 9.85. The molecule has 7 heteroatoms. The Hall–Kier alpha value is -3.84. The molecule has 6 nitrogen and oxygen atoms in total. The van der Waals surface area contributed by atoms with Crippen LogP contribution in [0.4, 0.5) is 0 Å². The Bertz CT molecular complexity index is 1730. The highest BCUT2D eigenvalue weighted by atomic mass is 32.1. The molecule has 0 aromatic carbocycles. The van der Waals surface area contributed by atoms with E-state index in [0.717, 1.165) is 55.5 Å². The van der Waals surface area contributed by atoms with Gasteiger partial charge in [-0.2, -0.15) is 5.10 Å². The second-order valence-electron chi connectivity index (χ2n) is 10.3. The van der Waals surface area contributed by atoms with Crippen LogP contribution < -0.4 is 10.6 Å². The molecule has 38 heavy (non-hydrogen) atoms. The topological polar surface area (TPSA) is 83.1 Å². The van der Waals surface area contributed by atoms with Gasteiger partial charge < -0.3 is 4.98 Å². The minimum atomic E-state index is 0.684. The third kappa shape index (κ3) is 4.98. The zero-order valence-corrected chi connectivity index (χ0v) is 22.7. The SMILES string of the molecule is C=c1c(-c2nc3c(-c4ccc(C)s4)cncc3[nH]2)n[nH]/c1=C/C=C(\C)c1cncc(CC2CCCCC2)c1. The lowest BCUT2D eigenvalue weighted by Gasteiger charge is -2.21. The average Bonchev–Trinajstić information content (AvgIpc) is 3.66. The highest BCUT2D eigenvalue weighted by Crippen LogP contribution is 2.32. The summed E-state index contributed by atoms with van der Waals surface area (Å²) in [5.41, 5.74) is 7.15. The minimum Gasteiger partial charge on any atom is -0.335 e. The Balaban J connectivity index is 1.27. The van der Waals surface area contributed by atoms with Crippen molar-refractivity contribution in [1.82, 2.24) is 30.1 Å². The van der Waals surface area contributed by atoms with Crippen molar-refractivity contribution in [2.75, 3.05) is 0 Å². The van der Waals surface area contributed by atoms with E-state index in [1.54, 1.807) is 17.5 Å². The molecule has 6 rings (SSSR count). The number of H-pyrrole nitrogens is 2. The van der Waals surface area contributed by atoms with E-state index >= 15 is 0 Å². The van der Waals surface area contributed by atoms with Crippen molar-refractivity contribution in [2.45, 2.75) is 52.4 Å². The Morgan fingerprint density at radius 3 is 2.76 bits per heavy atom. The molecule has 2 N–H and O–H groups in total. The number of nitrogens with one attached hydrogen (secondary N) is 2. The molecule has 0 atom stereocenters. The van der Waals surface area contributed by atoms with Crippen molar-refractivity contribution < 1.29 is 0 Å². The van der Waals surface area contributed by atoms with Crippen LogP contribution in [0.2, 0.25) is 0 Å². The first-order valence-electron chi connectivity index (χ1n) is 13.3. The summed E-state index contributed by atoms with van der Waals surface area (Å²) in [6.45, 7) is 8.53. The fourth-order valence-electron chi connectivity index (χ4n) is 5.36. The van der Waals surface area contributed by atoms with E-state index in [1.807, 2.05) is 24.7 Å². The quantitative estimate of drug-likeness (QED) is 0.279. The predicted molar refractivity (Wildman–Crippen MR) is 157 cm³/mol. The molecular weight excluding hydrogens is 488 g/mol. The molecule has 0 radical (unpaired) electrons. The van der Waals surface area contributed by atoms with Gasteiger partial charge in [0.25, 0.3) is 0 Å². The highest BCUT2D eigenvalue weighted by Gasteiger charge is 2.16. The summed E-state index contributed by atoms with van der Waals surface area (Å²) >= 11 is 1.74. The first-order valence-corrected chi connectivity index (χ1v) is 14.1. The van der Waals surface area contributed by atoms with Crippen LogP contribution in [0.1, 0.15) is 55.0 Å². The third-order valence-electron chi connectivity index (χ3n) is 7.52. The molecule has 0 spiro atoms. The largest absolute Gasteiger partial charge is 0.335 e. The lowest BCUT2D eigenvalue weighted by Crippen LogP contribution is -2.21. The molecule has 0 bridgehead atoms. The minimum absolute atomic E-state index is 0.684. The number of rotatable bonds is 6. The maximum Gasteiger partial charge on any atom is 0.159 e. The van der Waals surface area contributed by atoms with E-state index in [2.05, 4.69) is 69.9 Å². The fraction of sp³-hybridized carbons (Fsp3) is 0.290. The molecule has 0 saturated heterocycles. The number of thiophene rings is 1. The number of aryl methyl sites for hydroxylation is 1. The van der Waals surface area contributed by atoms with Gasteiger partial charge in [0.15, 0.2) is 5.82 Å². The summed E-state index contributed by atoms with van der Waals surface area (Å²) in [6, 6.07) is 6.53. The van der Waals surface area contributed by atoms with Gasteiger partial charge in [-0.3, -0.25) is 15.1 Å². The van der Waals surface area contributed by atoms with Crippen LogP contribution >= 0.6 is 11.3 Å². The summed E-state index contributed by atoms with van der Waals surface area (Å²) in [5.74, 6) is 1.48. The van der Waals surface area contributed by atoms with Gasteiger partial charge in [0.1, 0.15) is 11.2 Å². The van der Waals surface area contributed by atoms with E-state index < -0.39 is 0 Å². The monoisotopic (exact) mass is 520 g/mol. The zero-order chi connectivity index (χ0) is 26.1. The number of aromatic amines is 2. The van der Waals surface area contributed by atoms with Crippen LogP contribution in [0.25, 0.3) is 51.2 Å². The van der Waals surface area contributed by atoms with E-state index in [9.17, 15) is 0 Å². The smallest absolute Gasteiger partial charge is 0.159 e. The van der Waals surface area contributed by atoms with Crippen molar-refractivity contribution in [2.24, 2.45) is 5.92 Å². The Morgan fingerprint density at radius 1 is 1.11 bits per heavy atom. The molecule has 1 aliphatic rings. The van der Waals surface area contributed by atoms with Gasteiger partial charge in [-0.15, -0.1) is 11.3 Å². The first-order chi connectivity index (χ1) is 18.5. The fourth-order valence-corrected chi connectivity index (χ4v) is 6.24. The van der Waals surface area contributed by atoms with Gasteiger partial charge in [-0.1, -0.05) is 44.8 Å². The first kappa shape index (κ1) is 24.5. The summed E-state index contributed by atoms with van der Waals surface area (Å²) in [5, 5.41) is 9.35. The number of pyridine rings is 2. The summed E-state index contributed by atoms with van der Waals surface area (Å²) in [6.07, 6.45) is 19.7. The Labute approximate surface area is 226 Å². The van der Waals surface area contributed by atoms with Gasteiger partial charge >= 0.3 is 0 Å². The van der Waals surface area contributed by atoms with Crippen LogP contribution in [0, 0.1) is 12.8 Å². The molecule has 0 aliphatic heterocycles. The number of hydrogen-bond donors (Lipinski definition) is 2. The molecule has 5 heterocycles. The molecule has 1 aliphatic carbocycles. The number of nitrogens with zero attached hydrogens (tertiary/aromatic N) is 4. The Morgan fingerprint density at radius 2 is 1.95 bits per heavy atom. The van der Waals surface area contributed by atoms with Crippen molar-refractivity contribution in [1.29, 1.82) is 0 Å². The lowest BCUT2D eigenvalue weighted by molar-refractivity contribution is 0.356. The standard InChI is InChI=1S/C31H32N6S/c1-19(24-14-23(15-32-16-24)13-22-7-5-4-6-8-22)9-11-26-21(3)29(37-36-26)31-34-27-18-33-17-25(30(27)35-31)28-12-10-20(2)38-28/h9-12,14-18,22,36H,3-8,13H2,1-2H3,(H,34,35)/b19-9+,26-11+. The van der Waals surface area contributed by atoms with E-state index in [1.165, 1.54) is 42.5 Å². The van der Waals surface area contributed by atoms with Gasteiger partial charge in [-0.05, 0) is 67.2 Å².